The number of nitrogens with one attached hydrogen (secondary N) is 1. The Hall–Kier alpha value is -0.490. The zero-order valence-corrected chi connectivity index (χ0v) is 12.3. The fraction of sp³-hybridized carbons (Fsp3) is 0.538. The van der Waals surface area contributed by atoms with Crippen LogP contribution in [0.15, 0.2) is 22.7 Å². The van der Waals surface area contributed by atoms with E-state index in [1.54, 1.807) is 13.2 Å². The van der Waals surface area contributed by atoms with Gasteiger partial charge < -0.3 is 14.8 Å². The molecule has 0 radical (unpaired) electrons. The van der Waals surface area contributed by atoms with Crippen LogP contribution >= 0.6 is 15.9 Å². The van der Waals surface area contributed by atoms with Crippen LogP contribution in [0.4, 0.5) is 4.39 Å². The summed E-state index contributed by atoms with van der Waals surface area (Å²) >= 11 is 3.29. The summed E-state index contributed by atoms with van der Waals surface area (Å²) in [5.74, 6) is -0.227. The summed E-state index contributed by atoms with van der Waals surface area (Å²) in [5, 5.41) is 3.16. The van der Waals surface area contributed by atoms with Gasteiger partial charge in [0.05, 0.1) is 19.8 Å². The zero-order chi connectivity index (χ0) is 13.4. The smallest absolute Gasteiger partial charge is 0.124 e. The Labute approximate surface area is 116 Å². The maximum Gasteiger partial charge on any atom is 0.124 e. The van der Waals surface area contributed by atoms with Crippen molar-refractivity contribution >= 4 is 15.9 Å². The molecule has 0 heterocycles. The Bertz CT molecular complexity index is 343. The second kappa shape index (κ2) is 8.58. The average molecular weight is 320 g/mol. The monoisotopic (exact) mass is 319 g/mol. The minimum absolute atomic E-state index is 0.163. The largest absolute Gasteiger partial charge is 0.382 e. The molecule has 1 unspecified atom stereocenters. The zero-order valence-electron chi connectivity index (χ0n) is 10.7. The predicted molar refractivity (Wildman–Crippen MR) is 73.3 cm³/mol. The highest BCUT2D eigenvalue weighted by atomic mass is 79.9. The van der Waals surface area contributed by atoms with Crippen molar-refractivity contribution in [1.82, 2.24) is 5.32 Å². The fourth-order valence-corrected chi connectivity index (χ4v) is 2.14. The van der Waals surface area contributed by atoms with E-state index >= 15 is 0 Å². The first-order valence-electron chi connectivity index (χ1n) is 5.84. The molecular formula is C13H19BrFNO2. The lowest BCUT2D eigenvalue weighted by Gasteiger charge is -2.16. The summed E-state index contributed by atoms with van der Waals surface area (Å²) in [6, 6.07) is 5.08. The Morgan fingerprint density at radius 2 is 2.11 bits per heavy atom. The van der Waals surface area contributed by atoms with Gasteiger partial charge in [0.25, 0.3) is 0 Å². The van der Waals surface area contributed by atoms with Crippen molar-refractivity contribution in [3.63, 3.8) is 0 Å². The van der Waals surface area contributed by atoms with Gasteiger partial charge in [0.15, 0.2) is 0 Å². The van der Waals surface area contributed by atoms with Gasteiger partial charge in [-0.05, 0) is 37.2 Å². The third-order valence-electron chi connectivity index (χ3n) is 2.56. The van der Waals surface area contributed by atoms with Crippen LogP contribution in [0.3, 0.4) is 0 Å². The molecule has 3 nitrogen and oxygen atoms in total. The summed E-state index contributed by atoms with van der Waals surface area (Å²) < 4.78 is 24.4. The highest BCUT2D eigenvalue weighted by Crippen LogP contribution is 2.16. The fourth-order valence-electron chi connectivity index (χ4n) is 1.63. The molecule has 0 aromatic heterocycles. The topological polar surface area (TPSA) is 30.5 Å². The van der Waals surface area contributed by atoms with Crippen molar-refractivity contribution in [2.24, 2.45) is 0 Å². The molecule has 102 valence electrons. The van der Waals surface area contributed by atoms with Gasteiger partial charge in [0.1, 0.15) is 5.82 Å². The van der Waals surface area contributed by atoms with Crippen molar-refractivity contribution in [3.05, 3.63) is 34.1 Å². The molecule has 1 N–H and O–H groups in total. The lowest BCUT2D eigenvalue weighted by atomic mass is 10.1. The molecule has 0 aliphatic carbocycles. The third kappa shape index (κ3) is 5.91. The summed E-state index contributed by atoms with van der Waals surface area (Å²) in [7, 11) is 3.52. The van der Waals surface area contributed by atoms with Crippen LogP contribution in [0.2, 0.25) is 0 Å². The van der Waals surface area contributed by atoms with Gasteiger partial charge in [-0.15, -0.1) is 0 Å². The Balaban J connectivity index is 2.46. The minimum atomic E-state index is -0.227. The number of rotatable bonds is 8. The van der Waals surface area contributed by atoms with Gasteiger partial charge in [0, 0.05) is 17.6 Å². The first-order valence-corrected chi connectivity index (χ1v) is 6.64. The number of hydrogen-bond donors (Lipinski definition) is 1. The van der Waals surface area contributed by atoms with Crippen molar-refractivity contribution in [2.45, 2.75) is 12.5 Å². The predicted octanol–water partition coefficient (Wildman–Crippen LogP) is 2.38. The standard InChI is InChI=1S/C13H19BrFNO2/c1-16-13(9-18-4-3-17-2)7-10-5-11(14)8-12(15)6-10/h5-6,8,13,16H,3-4,7,9H2,1-2H3. The Morgan fingerprint density at radius 1 is 1.33 bits per heavy atom. The van der Waals surface area contributed by atoms with E-state index in [2.05, 4.69) is 21.2 Å². The number of halogens is 2. The molecule has 18 heavy (non-hydrogen) atoms. The quantitative estimate of drug-likeness (QED) is 0.746. The maximum absolute atomic E-state index is 13.2. The molecule has 1 atom stereocenters. The Kier molecular flexibility index (Phi) is 7.42. The highest BCUT2D eigenvalue weighted by Gasteiger charge is 2.09. The van der Waals surface area contributed by atoms with Crippen LogP contribution in [0.25, 0.3) is 0 Å². The van der Waals surface area contributed by atoms with Crippen LogP contribution in [0.1, 0.15) is 5.56 Å². The number of ether oxygens (including phenoxy) is 2. The summed E-state index contributed by atoms with van der Waals surface area (Å²) in [6.07, 6.45) is 0.722. The average Bonchev–Trinajstić information content (AvgIpc) is 2.32. The van der Waals surface area contributed by atoms with Gasteiger partial charge in [-0.2, -0.15) is 0 Å². The molecule has 0 fully saturated rings. The molecule has 5 heteroatoms. The van der Waals surface area contributed by atoms with Crippen LogP contribution in [0.5, 0.6) is 0 Å². The third-order valence-corrected chi connectivity index (χ3v) is 3.02. The first kappa shape index (κ1) is 15.6. The van der Waals surface area contributed by atoms with Gasteiger partial charge in [-0.25, -0.2) is 4.39 Å². The molecule has 0 aliphatic rings. The molecule has 1 rings (SSSR count). The van der Waals surface area contributed by atoms with E-state index in [4.69, 9.17) is 9.47 Å². The van der Waals surface area contributed by atoms with Crippen molar-refractivity contribution in [2.75, 3.05) is 34.0 Å². The van der Waals surface area contributed by atoms with Crippen molar-refractivity contribution < 1.29 is 13.9 Å². The second-order valence-corrected chi connectivity index (χ2v) is 4.95. The van der Waals surface area contributed by atoms with Crippen LogP contribution in [0, 0.1) is 5.82 Å². The minimum Gasteiger partial charge on any atom is -0.382 e. The molecular weight excluding hydrogens is 301 g/mol. The number of hydrogen-bond acceptors (Lipinski definition) is 3. The van der Waals surface area contributed by atoms with E-state index in [-0.39, 0.29) is 11.9 Å². The Morgan fingerprint density at radius 3 is 2.72 bits per heavy atom. The molecule has 1 aromatic rings. The number of methoxy groups -OCH3 is 1. The van der Waals surface area contributed by atoms with Gasteiger partial charge in [-0.3, -0.25) is 0 Å². The van der Waals surface area contributed by atoms with Crippen LogP contribution < -0.4 is 5.32 Å². The molecule has 1 aromatic carbocycles. The summed E-state index contributed by atoms with van der Waals surface area (Å²) in [4.78, 5) is 0. The van der Waals surface area contributed by atoms with E-state index in [0.717, 1.165) is 16.5 Å². The van der Waals surface area contributed by atoms with Crippen molar-refractivity contribution in [1.29, 1.82) is 0 Å². The number of likely N-dealkylation sites (N-methyl/N-ethyl adjacent to an activating group) is 1. The maximum atomic E-state index is 13.2. The van der Waals surface area contributed by atoms with E-state index in [1.165, 1.54) is 6.07 Å². The van der Waals surface area contributed by atoms with Crippen LogP contribution in [-0.4, -0.2) is 40.0 Å². The molecule has 0 saturated heterocycles. The van der Waals surface area contributed by atoms with Crippen LogP contribution in [-0.2, 0) is 15.9 Å². The van der Waals surface area contributed by atoms with E-state index in [9.17, 15) is 4.39 Å². The van der Waals surface area contributed by atoms with Gasteiger partial charge >= 0.3 is 0 Å². The van der Waals surface area contributed by atoms with Gasteiger partial charge in [0.2, 0.25) is 0 Å². The van der Waals surface area contributed by atoms with Gasteiger partial charge in [-0.1, -0.05) is 15.9 Å². The summed E-state index contributed by atoms with van der Waals surface area (Å²) in [5.41, 5.74) is 0.941. The molecule has 0 spiro atoms. The SMILES string of the molecule is CNC(COCCOC)Cc1cc(F)cc(Br)c1. The van der Waals surface area contributed by atoms with E-state index < -0.39 is 0 Å². The summed E-state index contributed by atoms with van der Waals surface area (Å²) in [6.45, 7) is 1.73. The van der Waals surface area contributed by atoms with Crippen molar-refractivity contribution in [3.8, 4) is 0 Å². The number of benzene rings is 1. The molecule has 0 saturated carbocycles. The molecule has 0 amide bonds. The van der Waals surface area contributed by atoms with E-state index in [0.29, 0.717) is 19.8 Å². The first-order chi connectivity index (χ1) is 8.65. The highest BCUT2D eigenvalue weighted by molar-refractivity contribution is 9.10. The lowest BCUT2D eigenvalue weighted by molar-refractivity contribution is 0.0597. The molecule has 0 aliphatic heterocycles. The normalized spacial score (nSPS) is 12.7. The lowest BCUT2D eigenvalue weighted by Crippen LogP contribution is -2.33. The molecule has 0 bridgehead atoms. The second-order valence-electron chi connectivity index (χ2n) is 4.04. The van der Waals surface area contributed by atoms with E-state index in [1.807, 2.05) is 13.1 Å².